The van der Waals surface area contributed by atoms with Crippen molar-refractivity contribution in [1.29, 1.82) is 0 Å². The van der Waals surface area contributed by atoms with Crippen LogP contribution in [0.3, 0.4) is 0 Å². The highest BCUT2D eigenvalue weighted by Crippen LogP contribution is 2.61. The quantitative estimate of drug-likeness (QED) is 0.167. The Morgan fingerprint density at radius 1 is 0.194 bits per heavy atom. The molecule has 312 valence electrons. The topological polar surface area (TPSA) is 38.7 Å². The summed E-state index contributed by atoms with van der Waals surface area (Å²) < 4.78 is 0. The van der Waals surface area contributed by atoms with Gasteiger partial charge < -0.3 is 0 Å². The van der Waals surface area contributed by atoms with Crippen LogP contribution in [-0.4, -0.2) is 15.0 Å². The normalized spacial score (nSPS) is 12.6. The molecule has 0 radical (unpaired) electrons. The van der Waals surface area contributed by atoms with Crippen LogP contribution in [0.25, 0.3) is 101 Å². The van der Waals surface area contributed by atoms with Gasteiger partial charge in [-0.05, 0) is 119 Å². The fourth-order valence-electron chi connectivity index (χ4n) is 10.8. The van der Waals surface area contributed by atoms with Crippen molar-refractivity contribution < 1.29 is 0 Å². The van der Waals surface area contributed by atoms with Crippen molar-refractivity contribution in [2.24, 2.45) is 0 Å². The average molecular weight is 852 g/mol. The molecule has 10 aromatic carbocycles. The molecule has 0 N–H and O–H groups in total. The van der Waals surface area contributed by atoms with E-state index in [2.05, 4.69) is 249 Å². The van der Waals surface area contributed by atoms with E-state index in [1.165, 1.54) is 50.1 Å². The van der Waals surface area contributed by atoms with Gasteiger partial charge in [0.2, 0.25) is 0 Å². The lowest BCUT2D eigenvalue weighted by atomic mass is 9.66. The minimum Gasteiger partial charge on any atom is -0.208 e. The summed E-state index contributed by atoms with van der Waals surface area (Å²) in [5, 5.41) is 0. The molecule has 3 nitrogen and oxygen atoms in total. The van der Waals surface area contributed by atoms with Crippen LogP contribution in [0, 0.1) is 0 Å². The maximum atomic E-state index is 5.46. The molecule has 0 unspecified atom stereocenters. The molecule has 0 atom stereocenters. The highest BCUT2D eigenvalue weighted by Gasteiger charge is 2.49. The van der Waals surface area contributed by atoms with E-state index in [0.29, 0.717) is 17.5 Å². The molecule has 1 aromatic heterocycles. The molecule has 11 aromatic rings. The molecule has 0 amide bonds. The largest absolute Gasteiger partial charge is 0.208 e. The Kier molecular flexibility index (Phi) is 9.07. The zero-order valence-electron chi connectivity index (χ0n) is 36.5. The predicted molar refractivity (Wildman–Crippen MR) is 274 cm³/mol. The molecule has 0 saturated heterocycles. The molecule has 1 heterocycles. The van der Waals surface area contributed by atoms with E-state index in [9.17, 15) is 0 Å². The van der Waals surface area contributed by atoms with Crippen LogP contribution in [-0.2, 0) is 5.41 Å². The van der Waals surface area contributed by atoms with E-state index in [1.807, 2.05) is 0 Å². The van der Waals surface area contributed by atoms with Crippen LogP contribution in [0.4, 0.5) is 0 Å². The summed E-state index contributed by atoms with van der Waals surface area (Å²) in [4.78, 5) is 16.2. The van der Waals surface area contributed by atoms with Crippen molar-refractivity contribution in [3.63, 3.8) is 0 Å². The predicted octanol–water partition coefficient (Wildman–Crippen LogP) is 15.9. The van der Waals surface area contributed by atoms with Crippen molar-refractivity contribution in [1.82, 2.24) is 15.0 Å². The number of benzene rings is 10. The third-order valence-corrected chi connectivity index (χ3v) is 13.7. The van der Waals surface area contributed by atoms with Gasteiger partial charge in [-0.1, -0.05) is 218 Å². The second kappa shape index (κ2) is 15.7. The molecule has 0 aliphatic heterocycles. The van der Waals surface area contributed by atoms with E-state index >= 15 is 0 Å². The van der Waals surface area contributed by atoms with Gasteiger partial charge in [-0.3, -0.25) is 0 Å². The van der Waals surface area contributed by atoms with Crippen molar-refractivity contribution in [2.75, 3.05) is 0 Å². The number of aromatic nitrogens is 3. The molecular weight excluding hydrogens is 811 g/mol. The van der Waals surface area contributed by atoms with Crippen molar-refractivity contribution in [3.8, 4) is 101 Å². The minimum absolute atomic E-state index is 0.574. The zero-order valence-corrected chi connectivity index (χ0v) is 36.5. The van der Waals surface area contributed by atoms with E-state index in [4.69, 9.17) is 15.0 Å². The summed E-state index contributed by atoms with van der Waals surface area (Å²) >= 11 is 0. The Labute approximate surface area is 390 Å². The number of fused-ring (bicyclic) bond motifs is 12. The van der Waals surface area contributed by atoms with Crippen LogP contribution in [0.15, 0.2) is 249 Å². The molecule has 67 heavy (non-hydrogen) atoms. The minimum atomic E-state index is -0.574. The maximum absolute atomic E-state index is 5.46. The first-order valence-electron chi connectivity index (χ1n) is 22.9. The molecule has 2 aliphatic carbocycles. The lowest BCUT2D eigenvalue weighted by molar-refractivity contribution is 0.775. The van der Waals surface area contributed by atoms with Gasteiger partial charge in [0.15, 0.2) is 17.5 Å². The van der Waals surface area contributed by atoms with Crippen LogP contribution in [0.1, 0.15) is 22.3 Å². The van der Waals surface area contributed by atoms with Gasteiger partial charge in [-0.2, -0.15) is 0 Å². The molecule has 2 aliphatic rings. The maximum Gasteiger partial charge on any atom is 0.164 e. The van der Waals surface area contributed by atoms with E-state index in [-0.39, 0.29) is 0 Å². The Morgan fingerprint density at radius 2 is 0.522 bits per heavy atom. The summed E-state index contributed by atoms with van der Waals surface area (Å²) in [6.07, 6.45) is 0. The molecule has 13 rings (SSSR count). The summed E-state index contributed by atoms with van der Waals surface area (Å²) in [5.41, 5.74) is 21.3. The van der Waals surface area contributed by atoms with Gasteiger partial charge in [0.1, 0.15) is 0 Å². The van der Waals surface area contributed by atoms with Crippen LogP contribution >= 0.6 is 0 Å². The lowest BCUT2D eigenvalue weighted by Crippen LogP contribution is -2.29. The highest BCUT2D eigenvalue weighted by molar-refractivity contribution is 5.98. The second-order valence-corrected chi connectivity index (χ2v) is 17.5. The third kappa shape index (κ3) is 6.31. The van der Waals surface area contributed by atoms with Gasteiger partial charge in [0.05, 0.1) is 5.41 Å². The highest BCUT2D eigenvalue weighted by atomic mass is 15.0. The van der Waals surface area contributed by atoms with Gasteiger partial charge in [-0.15, -0.1) is 0 Å². The SMILES string of the molecule is c1ccc(-c2cccc(-c3nc(-c4cc(-c5ccccc5)cc(-c5ccccc5)c4)nc(-c4ccc5c(c4)-c4ccccc4-c4ccccc4C54c5ccccc5-c5ccccc54)n3)c2)cc1. The van der Waals surface area contributed by atoms with Crippen LogP contribution in [0.5, 0.6) is 0 Å². The molecule has 0 fully saturated rings. The Morgan fingerprint density at radius 3 is 1.04 bits per heavy atom. The summed E-state index contributed by atoms with van der Waals surface area (Å²) in [6, 6.07) is 89.6. The average Bonchev–Trinajstić information content (AvgIpc) is 3.66. The zero-order chi connectivity index (χ0) is 44.3. The first-order valence-corrected chi connectivity index (χ1v) is 22.9. The Hall–Kier alpha value is -8.79. The smallest absolute Gasteiger partial charge is 0.164 e. The van der Waals surface area contributed by atoms with Gasteiger partial charge >= 0.3 is 0 Å². The van der Waals surface area contributed by atoms with Gasteiger partial charge in [0.25, 0.3) is 0 Å². The second-order valence-electron chi connectivity index (χ2n) is 17.5. The van der Waals surface area contributed by atoms with Crippen molar-refractivity contribution >= 4 is 0 Å². The third-order valence-electron chi connectivity index (χ3n) is 13.7. The van der Waals surface area contributed by atoms with Gasteiger partial charge in [0, 0.05) is 16.7 Å². The Bertz CT molecular complexity index is 3590. The van der Waals surface area contributed by atoms with Crippen LogP contribution < -0.4 is 0 Å². The first kappa shape index (κ1) is 38.6. The number of hydrogen-bond donors (Lipinski definition) is 0. The number of rotatable bonds is 6. The summed E-state index contributed by atoms with van der Waals surface area (Å²) in [7, 11) is 0. The first-order chi connectivity index (χ1) is 33.2. The number of nitrogens with zero attached hydrogens (tertiary/aromatic N) is 3. The molecule has 0 saturated carbocycles. The van der Waals surface area contributed by atoms with Crippen molar-refractivity contribution in [3.05, 3.63) is 271 Å². The molecule has 1 spiro atoms. The van der Waals surface area contributed by atoms with Crippen molar-refractivity contribution in [2.45, 2.75) is 5.41 Å². The fraction of sp³-hybridized carbons (Fsp3) is 0.0156. The standard InChI is InChI=1S/C64H41N3/c1-4-19-42(20-5-1)45-25-18-26-46(37-45)61-65-62(67-63(66-61)50-39-48(43-21-6-2-7-22-43)38-49(40-50)44-23-8-3-9-24-44)47-35-36-60-56(41-47)52-28-11-10-27-51(52)53-29-12-15-32-57(53)64(60)58-33-16-13-30-54(58)55-31-14-17-34-59(55)64/h1-41H. The van der Waals surface area contributed by atoms with E-state index in [1.54, 1.807) is 0 Å². The van der Waals surface area contributed by atoms with E-state index < -0.39 is 5.41 Å². The van der Waals surface area contributed by atoms with Gasteiger partial charge in [-0.25, -0.2) is 15.0 Å². The molecular formula is C64H41N3. The van der Waals surface area contributed by atoms with Crippen LogP contribution in [0.2, 0.25) is 0 Å². The summed E-state index contributed by atoms with van der Waals surface area (Å²) in [6.45, 7) is 0. The molecule has 0 bridgehead atoms. The van der Waals surface area contributed by atoms with E-state index in [0.717, 1.165) is 55.6 Å². The molecule has 3 heteroatoms. The monoisotopic (exact) mass is 851 g/mol. The number of hydrogen-bond acceptors (Lipinski definition) is 3. The lowest BCUT2D eigenvalue weighted by Gasteiger charge is -2.35. The summed E-state index contributed by atoms with van der Waals surface area (Å²) in [5.74, 6) is 1.83. The Balaban J connectivity index is 1.08. The fourth-order valence-corrected chi connectivity index (χ4v) is 10.8.